The summed E-state index contributed by atoms with van der Waals surface area (Å²) in [4.78, 5) is 3.91. The first-order chi connectivity index (χ1) is 7.68. The zero-order chi connectivity index (χ0) is 13.0. The lowest BCUT2D eigenvalue weighted by Gasteiger charge is -1.98. The van der Waals surface area contributed by atoms with Crippen molar-refractivity contribution in [2.45, 2.75) is 41.2 Å². The van der Waals surface area contributed by atoms with Crippen LogP contribution in [0, 0.1) is 6.92 Å². The van der Waals surface area contributed by atoms with E-state index in [2.05, 4.69) is 11.1 Å². The second-order valence-corrected chi connectivity index (χ2v) is 2.73. The van der Waals surface area contributed by atoms with E-state index in [1.165, 1.54) is 5.56 Å². The molecule has 0 saturated heterocycles. The van der Waals surface area contributed by atoms with Gasteiger partial charge in [0.15, 0.2) is 5.96 Å². The second-order valence-electron chi connectivity index (χ2n) is 2.73. The third-order valence-electron chi connectivity index (χ3n) is 1.53. The Morgan fingerprint density at radius 3 is 2.12 bits per heavy atom. The molecule has 3 heteroatoms. The van der Waals surface area contributed by atoms with Crippen LogP contribution in [0.5, 0.6) is 0 Å². The van der Waals surface area contributed by atoms with E-state index in [1.54, 1.807) is 0 Å². The standard InChI is InChI=1S/C9H13N3.2C2H6/c1-7-3-2-4-8(5-7)6-12-9(10)11;2*1-2/h2-5H,6H2,1H3,(H4,10,11,12);2*1-2H3. The number of nitrogens with two attached hydrogens (primary N) is 2. The molecule has 4 N–H and O–H groups in total. The number of nitrogens with zero attached hydrogens (tertiary/aromatic N) is 1. The summed E-state index contributed by atoms with van der Waals surface area (Å²) in [6.45, 7) is 10.6. The number of aliphatic imine (C=N–C) groups is 1. The van der Waals surface area contributed by atoms with E-state index >= 15 is 0 Å². The van der Waals surface area contributed by atoms with Crippen molar-refractivity contribution in [1.29, 1.82) is 0 Å². The summed E-state index contributed by atoms with van der Waals surface area (Å²) in [5, 5.41) is 0. The first-order valence-corrected chi connectivity index (χ1v) is 5.79. The molecular weight excluding hydrogens is 198 g/mol. The Balaban J connectivity index is 0. The highest BCUT2D eigenvalue weighted by atomic mass is 15.0. The second kappa shape index (κ2) is 11.6. The van der Waals surface area contributed by atoms with Gasteiger partial charge in [-0.3, -0.25) is 0 Å². The highest BCUT2D eigenvalue weighted by molar-refractivity contribution is 5.75. The Hall–Kier alpha value is -1.51. The molecule has 16 heavy (non-hydrogen) atoms. The molecule has 1 rings (SSSR count). The van der Waals surface area contributed by atoms with Gasteiger partial charge in [-0.2, -0.15) is 0 Å². The molecule has 1 aromatic carbocycles. The van der Waals surface area contributed by atoms with Crippen LogP contribution in [0.3, 0.4) is 0 Å². The van der Waals surface area contributed by atoms with E-state index in [-0.39, 0.29) is 5.96 Å². The maximum Gasteiger partial charge on any atom is 0.186 e. The Morgan fingerprint density at radius 2 is 1.69 bits per heavy atom. The average molecular weight is 223 g/mol. The largest absolute Gasteiger partial charge is 0.370 e. The Bertz CT molecular complexity index is 289. The fourth-order valence-electron chi connectivity index (χ4n) is 0.993. The SMILES string of the molecule is CC.CC.Cc1cccc(CN=C(N)N)c1. The highest BCUT2D eigenvalue weighted by Gasteiger charge is 1.90. The first kappa shape index (κ1) is 16.9. The molecule has 0 atom stereocenters. The molecule has 0 aliphatic rings. The molecule has 0 bridgehead atoms. The van der Waals surface area contributed by atoms with E-state index in [0.717, 1.165) is 5.56 Å². The van der Waals surface area contributed by atoms with Crippen molar-refractivity contribution in [3.05, 3.63) is 35.4 Å². The van der Waals surface area contributed by atoms with Crippen molar-refractivity contribution in [2.75, 3.05) is 0 Å². The van der Waals surface area contributed by atoms with E-state index in [0.29, 0.717) is 6.54 Å². The van der Waals surface area contributed by atoms with Crippen LogP contribution in [0.15, 0.2) is 29.3 Å². The van der Waals surface area contributed by atoms with Gasteiger partial charge in [0.2, 0.25) is 0 Å². The van der Waals surface area contributed by atoms with Gasteiger partial charge in [0.25, 0.3) is 0 Å². The van der Waals surface area contributed by atoms with E-state index < -0.39 is 0 Å². The molecular formula is C13H25N3. The van der Waals surface area contributed by atoms with Crippen molar-refractivity contribution in [1.82, 2.24) is 0 Å². The lowest BCUT2D eigenvalue weighted by molar-refractivity contribution is 1.05. The predicted octanol–water partition coefficient (Wildman–Crippen LogP) is 2.82. The quantitative estimate of drug-likeness (QED) is 0.598. The van der Waals surface area contributed by atoms with Gasteiger partial charge in [0, 0.05) is 0 Å². The Morgan fingerprint density at radius 1 is 1.12 bits per heavy atom. The molecule has 0 aliphatic heterocycles. The molecule has 3 nitrogen and oxygen atoms in total. The molecule has 0 aromatic heterocycles. The summed E-state index contributed by atoms with van der Waals surface area (Å²) in [6, 6.07) is 8.10. The summed E-state index contributed by atoms with van der Waals surface area (Å²) in [7, 11) is 0. The van der Waals surface area contributed by atoms with Gasteiger partial charge >= 0.3 is 0 Å². The number of aryl methyl sites for hydroxylation is 1. The van der Waals surface area contributed by atoms with Gasteiger partial charge < -0.3 is 11.5 Å². The van der Waals surface area contributed by atoms with Crippen LogP contribution >= 0.6 is 0 Å². The smallest absolute Gasteiger partial charge is 0.186 e. The van der Waals surface area contributed by atoms with Crippen molar-refractivity contribution < 1.29 is 0 Å². The van der Waals surface area contributed by atoms with Gasteiger partial charge in [-0.05, 0) is 12.5 Å². The molecule has 0 unspecified atom stereocenters. The molecule has 92 valence electrons. The van der Waals surface area contributed by atoms with Gasteiger partial charge in [-0.25, -0.2) is 4.99 Å². The van der Waals surface area contributed by atoms with Gasteiger partial charge in [-0.15, -0.1) is 0 Å². The maximum absolute atomic E-state index is 5.21. The summed E-state index contributed by atoms with van der Waals surface area (Å²) >= 11 is 0. The fraction of sp³-hybridized carbons (Fsp3) is 0.462. The summed E-state index contributed by atoms with van der Waals surface area (Å²) in [5.41, 5.74) is 12.8. The molecule has 0 spiro atoms. The topological polar surface area (TPSA) is 64.4 Å². The molecule has 0 heterocycles. The predicted molar refractivity (Wildman–Crippen MR) is 73.4 cm³/mol. The third kappa shape index (κ3) is 9.06. The molecule has 0 saturated carbocycles. The number of guanidine groups is 1. The van der Waals surface area contributed by atoms with Crippen LogP contribution < -0.4 is 11.5 Å². The van der Waals surface area contributed by atoms with Crippen LogP contribution in [-0.2, 0) is 6.54 Å². The minimum atomic E-state index is 0.136. The van der Waals surface area contributed by atoms with E-state index in [4.69, 9.17) is 11.5 Å². The van der Waals surface area contributed by atoms with Crippen molar-refractivity contribution >= 4 is 5.96 Å². The zero-order valence-electron chi connectivity index (χ0n) is 11.1. The highest BCUT2D eigenvalue weighted by Crippen LogP contribution is 2.04. The molecule has 0 amide bonds. The van der Waals surface area contributed by atoms with Crippen LogP contribution in [0.25, 0.3) is 0 Å². The van der Waals surface area contributed by atoms with E-state index in [1.807, 2.05) is 52.8 Å². The van der Waals surface area contributed by atoms with Crippen molar-refractivity contribution in [3.8, 4) is 0 Å². The molecule has 0 fully saturated rings. The van der Waals surface area contributed by atoms with Gasteiger partial charge in [0.05, 0.1) is 6.54 Å². The van der Waals surface area contributed by atoms with Gasteiger partial charge in [0.1, 0.15) is 0 Å². The number of benzene rings is 1. The summed E-state index contributed by atoms with van der Waals surface area (Å²) < 4.78 is 0. The molecule has 0 radical (unpaired) electrons. The lowest BCUT2D eigenvalue weighted by atomic mass is 10.1. The van der Waals surface area contributed by atoms with Crippen molar-refractivity contribution in [2.24, 2.45) is 16.5 Å². The van der Waals surface area contributed by atoms with E-state index in [9.17, 15) is 0 Å². The monoisotopic (exact) mass is 223 g/mol. The average Bonchev–Trinajstić information content (AvgIpc) is 2.32. The lowest BCUT2D eigenvalue weighted by Crippen LogP contribution is -2.22. The van der Waals surface area contributed by atoms with Crippen LogP contribution in [0.1, 0.15) is 38.8 Å². The van der Waals surface area contributed by atoms with Gasteiger partial charge in [-0.1, -0.05) is 57.5 Å². The normalized spacial score (nSPS) is 7.81. The number of hydrogen-bond donors (Lipinski definition) is 2. The number of rotatable bonds is 2. The van der Waals surface area contributed by atoms with Crippen LogP contribution in [0.4, 0.5) is 0 Å². The number of hydrogen-bond acceptors (Lipinski definition) is 1. The Kier molecular flexibility index (Phi) is 12.2. The summed E-state index contributed by atoms with van der Waals surface area (Å²) in [5.74, 6) is 0.136. The summed E-state index contributed by atoms with van der Waals surface area (Å²) in [6.07, 6.45) is 0. The Labute approximate surface area is 99.6 Å². The van der Waals surface area contributed by atoms with Crippen LogP contribution in [0.2, 0.25) is 0 Å². The third-order valence-corrected chi connectivity index (χ3v) is 1.53. The fourth-order valence-corrected chi connectivity index (χ4v) is 0.993. The first-order valence-electron chi connectivity index (χ1n) is 5.79. The molecule has 0 aliphatic carbocycles. The zero-order valence-corrected chi connectivity index (χ0v) is 11.1. The van der Waals surface area contributed by atoms with Crippen molar-refractivity contribution in [3.63, 3.8) is 0 Å². The minimum absolute atomic E-state index is 0.136. The maximum atomic E-state index is 5.21. The van der Waals surface area contributed by atoms with Crippen LogP contribution in [-0.4, -0.2) is 5.96 Å². The minimum Gasteiger partial charge on any atom is -0.370 e. The molecule has 1 aromatic rings.